The van der Waals surface area contributed by atoms with E-state index < -0.39 is 23.6 Å². The summed E-state index contributed by atoms with van der Waals surface area (Å²) in [5, 5.41) is 11.0. The first-order valence-corrected chi connectivity index (χ1v) is 6.50. The zero-order valence-corrected chi connectivity index (χ0v) is 11.1. The van der Waals surface area contributed by atoms with Gasteiger partial charge in [0.15, 0.2) is 0 Å². The van der Waals surface area contributed by atoms with Crippen LogP contribution >= 0.6 is 0 Å². The molecule has 1 aliphatic rings. The third kappa shape index (κ3) is 3.34. The van der Waals surface area contributed by atoms with Gasteiger partial charge in [0.05, 0.1) is 28.8 Å². The summed E-state index contributed by atoms with van der Waals surface area (Å²) in [6.07, 6.45) is -2.59. The summed E-state index contributed by atoms with van der Waals surface area (Å²) in [4.78, 5) is 12.0. The molecule has 112 valence electrons. The number of anilines is 1. The van der Waals surface area contributed by atoms with Crippen molar-refractivity contribution in [3.63, 3.8) is 0 Å². The molecule has 0 spiro atoms. The Bertz CT molecular complexity index is 592. The predicted octanol–water partition coefficient (Wildman–Crippen LogP) is 2.64. The van der Waals surface area contributed by atoms with Crippen molar-refractivity contribution in [3.05, 3.63) is 29.3 Å². The molecule has 1 aliphatic carbocycles. The molecule has 0 heterocycles. The molecule has 0 radical (unpaired) electrons. The van der Waals surface area contributed by atoms with E-state index in [4.69, 9.17) is 11.0 Å². The minimum absolute atomic E-state index is 0.113. The van der Waals surface area contributed by atoms with Crippen LogP contribution in [0.5, 0.6) is 0 Å². The van der Waals surface area contributed by atoms with Crippen molar-refractivity contribution in [2.75, 3.05) is 5.32 Å². The van der Waals surface area contributed by atoms with E-state index in [1.54, 1.807) is 6.07 Å². The van der Waals surface area contributed by atoms with Crippen LogP contribution in [0.4, 0.5) is 18.9 Å². The van der Waals surface area contributed by atoms with Crippen molar-refractivity contribution in [2.45, 2.75) is 31.5 Å². The molecule has 4 nitrogen and oxygen atoms in total. The molecule has 2 rings (SSSR count). The first kappa shape index (κ1) is 15.3. The number of amides is 1. The van der Waals surface area contributed by atoms with Crippen LogP contribution < -0.4 is 11.1 Å². The van der Waals surface area contributed by atoms with Crippen LogP contribution in [-0.4, -0.2) is 11.9 Å². The number of alkyl halides is 3. The molecule has 21 heavy (non-hydrogen) atoms. The first-order valence-electron chi connectivity index (χ1n) is 6.50. The van der Waals surface area contributed by atoms with E-state index >= 15 is 0 Å². The van der Waals surface area contributed by atoms with E-state index in [-0.39, 0.29) is 17.3 Å². The lowest BCUT2D eigenvalue weighted by atomic mass is 10.0. The summed E-state index contributed by atoms with van der Waals surface area (Å²) in [5.41, 5.74) is 4.30. The maximum atomic E-state index is 13.0. The molecule has 3 N–H and O–H groups in total. The van der Waals surface area contributed by atoms with Gasteiger partial charge >= 0.3 is 6.18 Å². The third-order valence-corrected chi connectivity index (χ3v) is 3.62. The lowest BCUT2D eigenvalue weighted by molar-refractivity contribution is -0.137. The van der Waals surface area contributed by atoms with Gasteiger partial charge < -0.3 is 11.1 Å². The number of benzene rings is 1. The average molecular weight is 297 g/mol. The minimum Gasteiger partial charge on any atom is -0.327 e. The molecule has 0 aromatic heterocycles. The van der Waals surface area contributed by atoms with Gasteiger partial charge in [-0.1, -0.05) is 6.42 Å². The van der Waals surface area contributed by atoms with Crippen LogP contribution in [0.15, 0.2) is 18.2 Å². The highest BCUT2D eigenvalue weighted by atomic mass is 19.4. The second-order valence-corrected chi connectivity index (χ2v) is 5.06. The van der Waals surface area contributed by atoms with Gasteiger partial charge in [-0.3, -0.25) is 4.79 Å². The van der Waals surface area contributed by atoms with Gasteiger partial charge in [0.25, 0.3) is 0 Å². The minimum atomic E-state index is -4.65. The number of nitrogens with two attached hydrogens (primary N) is 1. The Balaban J connectivity index is 2.27. The summed E-state index contributed by atoms with van der Waals surface area (Å²) >= 11 is 0. The number of hydrogen-bond acceptors (Lipinski definition) is 3. The molecule has 0 saturated heterocycles. The third-order valence-electron chi connectivity index (χ3n) is 3.62. The zero-order valence-electron chi connectivity index (χ0n) is 11.1. The Kier molecular flexibility index (Phi) is 4.19. The largest absolute Gasteiger partial charge is 0.418 e. The van der Waals surface area contributed by atoms with Crippen molar-refractivity contribution < 1.29 is 18.0 Å². The second kappa shape index (κ2) is 5.74. The molecule has 1 aromatic rings. The first-order chi connectivity index (χ1) is 9.82. The van der Waals surface area contributed by atoms with E-state index in [9.17, 15) is 18.0 Å². The maximum absolute atomic E-state index is 13.0. The normalized spacial score (nSPS) is 21.9. The van der Waals surface area contributed by atoms with Gasteiger partial charge in [-0.25, -0.2) is 0 Å². The second-order valence-electron chi connectivity index (χ2n) is 5.06. The molecular weight excluding hydrogens is 283 g/mol. The van der Waals surface area contributed by atoms with Crippen molar-refractivity contribution in [1.29, 1.82) is 5.26 Å². The number of rotatable bonds is 2. The van der Waals surface area contributed by atoms with Crippen LogP contribution in [0, 0.1) is 17.2 Å². The van der Waals surface area contributed by atoms with Gasteiger partial charge in [0.2, 0.25) is 5.91 Å². The van der Waals surface area contributed by atoms with E-state index in [1.807, 2.05) is 0 Å². The van der Waals surface area contributed by atoms with Crippen molar-refractivity contribution >= 4 is 11.6 Å². The molecular formula is C14H14F3N3O. The fourth-order valence-corrected chi connectivity index (χ4v) is 2.50. The van der Waals surface area contributed by atoms with Gasteiger partial charge in [-0.2, -0.15) is 18.4 Å². The van der Waals surface area contributed by atoms with Crippen LogP contribution in [0.25, 0.3) is 0 Å². The molecule has 1 saturated carbocycles. The van der Waals surface area contributed by atoms with Crippen molar-refractivity contribution in [2.24, 2.45) is 11.7 Å². The van der Waals surface area contributed by atoms with Gasteiger partial charge in [0, 0.05) is 6.04 Å². The molecule has 2 atom stereocenters. The Hall–Kier alpha value is -2.07. The zero-order chi connectivity index (χ0) is 15.6. The van der Waals surface area contributed by atoms with Gasteiger partial charge in [0.1, 0.15) is 0 Å². The smallest absolute Gasteiger partial charge is 0.327 e. The molecule has 7 heteroatoms. The topological polar surface area (TPSA) is 78.9 Å². The molecule has 1 aromatic carbocycles. The van der Waals surface area contributed by atoms with E-state index in [1.165, 1.54) is 6.07 Å². The summed E-state index contributed by atoms with van der Waals surface area (Å²) in [7, 11) is 0. The highest BCUT2D eigenvalue weighted by Gasteiger charge is 2.36. The lowest BCUT2D eigenvalue weighted by Crippen LogP contribution is -2.34. The molecule has 0 bridgehead atoms. The summed E-state index contributed by atoms with van der Waals surface area (Å²) in [6, 6.07) is 4.39. The number of hydrogen-bond donors (Lipinski definition) is 2. The van der Waals surface area contributed by atoms with Crippen molar-refractivity contribution in [1.82, 2.24) is 0 Å². The SMILES string of the molecule is N#Cc1ccc(NC(=O)C2CCCC2N)c(C(F)(F)F)c1. The Morgan fingerprint density at radius 2 is 2.10 bits per heavy atom. The van der Waals surface area contributed by atoms with Crippen LogP contribution in [0.1, 0.15) is 30.4 Å². The number of carbonyl (C=O) groups excluding carboxylic acids is 1. The van der Waals surface area contributed by atoms with E-state index in [2.05, 4.69) is 5.32 Å². The quantitative estimate of drug-likeness (QED) is 0.880. The van der Waals surface area contributed by atoms with Crippen LogP contribution in [0.3, 0.4) is 0 Å². The molecule has 0 aliphatic heterocycles. The molecule has 1 amide bonds. The number of nitrogens with zero attached hydrogens (tertiary/aromatic N) is 1. The fourth-order valence-electron chi connectivity index (χ4n) is 2.50. The number of carbonyl (C=O) groups is 1. The van der Waals surface area contributed by atoms with E-state index in [0.717, 1.165) is 18.6 Å². The molecule has 2 unspecified atom stereocenters. The lowest BCUT2D eigenvalue weighted by Gasteiger charge is -2.18. The number of halogens is 3. The standard InChI is InChI=1S/C14H14F3N3O/c15-14(16,17)10-6-8(7-18)4-5-12(10)20-13(21)9-2-1-3-11(9)19/h4-6,9,11H,1-3,19H2,(H,20,21). The highest BCUT2D eigenvalue weighted by Crippen LogP contribution is 2.36. The van der Waals surface area contributed by atoms with Crippen LogP contribution in [0.2, 0.25) is 0 Å². The highest BCUT2D eigenvalue weighted by molar-refractivity contribution is 5.94. The Labute approximate surface area is 119 Å². The summed E-state index contributed by atoms with van der Waals surface area (Å²) in [5.74, 6) is -0.975. The number of nitrogens with one attached hydrogen (secondary N) is 1. The predicted molar refractivity (Wildman–Crippen MR) is 70.1 cm³/mol. The number of nitriles is 1. The van der Waals surface area contributed by atoms with E-state index in [0.29, 0.717) is 12.8 Å². The Morgan fingerprint density at radius 3 is 2.62 bits per heavy atom. The van der Waals surface area contributed by atoms with Crippen LogP contribution in [-0.2, 0) is 11.0 Å². The van der Waals surface area contributed by atoms with Gasteiger partial charge in [-0.05, 0) is 31.0 Å². The monoisotopic (exact) mass is 297 g/mol. The average Bonchev–Trinajstić information content (AvgIpc) is 2.84. The fraction of sp³-hybridized carbons (Fsp3) is 0.429. The molecule has 1 fully saturated rings. The summed E-state index contributed by atoms with van der Waals surface area (Å²) < 4.78 is 39.0. The Morgan fingerprint density at radius 1 is 1.38 bits per heavy atom. The maximum Gasteiger partial charge on any atom is 0.418 e. The summed E-state index contributed by atoms with van der Waals surface area (Å²) in [6.45, 7) is 0. The van der Waals surface area contributed by atoms with Crippen molar-refractivity contribution in [3.8, 4) is 6.07 Å². The van der Waals surface area contributed by atoms with Gasteiger partial charge in [-0.15, -0.1) is 0 Å².